The third-order valence-electron chi connectivity index (χ3n) is 6.17. The molecule has 1 aliphatic rings. The molecule has 7 nitrogen and oxygen atoms in total. The van der Waals surface area contributed by atoms with Gasteiger partial charge in [-0.05, 0) is 30.0 Å². The topological polar surface area (TPSA) is 79.9 Å². The van der Waals surface area contributed by atoms with Gasteiger partial charge in [0.25, 0.3) is 0 Å². The Kier molecular flexibility index (Phi) is 9.47. The summed E-state index contributed by atoms with van der Waals surface area (Å²) in [6.07, 6.45) is 1.04. The fourth-order valence-corrected chi connectivity index (χ4v) is 4.22. The molecular weight excluding hydrogens is 454 g/mol. The molecule has 7 heteroatoms. The van der Waals surface area contributed by atoms with E-state index >= 15 is 0 Å². The lowest BCUT2D eigenvalue weighted by Gasteiger charge is -2.31. The first-order valence-corrected chi connectivity index (χ1v) is 12.4. The van der Waals surface area contributed by atoms with Crippen molar-refractivity contribution in [3.05, 3.63) is 90.5 Å². The van der Waals surface area contributed by atoms with Crippen LogP contribution < -0.4 is 10.6 Å². The number of nitrogens with one attached hydrogen (secondary N) is 2. The van der Waals surface area contributed by atoms with E-state index in [1.807, 2.05) is 84.9 Å². The number of likely N-dealkylation sites (tertiary alicyclic amines) is 1. The number of hydrogen-bond donors (Lipinski definition) is 2. The van der Waals surface area contributed by atoms with Gasteiger partial charge in [0.05, 0.1) is 12.2 Å². The molecular formula is C29H33N3O4. The van der Waals surface area contributed by atoms with Crippen LogP contribution in [0.3, 0.4) is 0 Å². The van der Waals surface area contributed by atoms with E-state index in [1.54, 1.807) is 0 Å². The third-order valence-corrected chi connectivity index (χ3v) is 6.17. The van der Waals surface area contributed by atoms with E-state index in [0.29, 0.717) is 13.2 Å². The molecule has 0 atom stereocenters. The molecule has 1 fully saturated rings. The highest BCUT2D eigenvalue weighted by atomic mass is 16.6. The lowest BCUT2D eigenvalue weighted by atomic mass is 10.0. The normalized spacial score (nSPS) is 14.2. The van der Waals surface area contributed by atoms with Crippen molar-refractivity contribution in [2.75, 3.05) is 38.0 Å². The number of carbonyl (C=O) groups is 2. The summed E-state index contributed by atoms with van der Waals surface area (Å²) in [5.41, 5.74) is 3.71. The van der Waals surface area contributed by atoms with E-state index in [0.717, 1.165) is 54.9 Å². The van der Waals surface area contributed by atoms with Gasteiger partial charge in [0.1, 0.15) is 12.7 Å². The molecule has 3 aromatic carbocycles. The minimum absolute atomic E-state index is 0.105. The van der Waals surface area contributed by atoms with E-state index < -0.39 is 6.09 Å². The Hall–Kier alpha value is -3.68. The highest BCUT2D eigenvalue weighted by molar-refractivity contribution is 5.91. The Morgan fingerprint density at radius 2 is 1.53 bits per heavy atom. The molecule has 0 aliphatic carbocycles. The van der Waals surface area contributed by atoms with Gasteiger partial charge in [-0.15, -0.1) is 0 Å². The van der Waals surface area contributed by atoms with Crippen LogP contribution in [0.1, 0.15) is 18.4 Å². The van der Waals surface area contributed by atoms with Gasteiger partial charge >= 0.3 is 12.1 Å². The molecule has 1 aliphatic heterocycles. The fourth-order valence-electron chi connectivity index (χ4n) is 4.22. The van der Waals surface area contributed by atoms with Crippen LogP contribution in [-0.2, 0) is 20.9 Å². The SMILES string of the molecule is O=C(CNCCN1CCC(OC(=O)Nc2ccccc2-c2ccccc2)CC1)OCc1ccccc1. The summed E-state index contributed by atoms with van der Waals surface area (Å²) in [7, 11) is 0. The smallest absolute Gasteiger partial charge is 0.411 e. The average Bonchev–Trinajstić information content (AvgIpc) is 2.92. The second-order valence-corrected chi connectivity index (χ2v) is 8.81. The molecule has 0 aromatic heterocycles. The number of para-hydroxylation sites is 1. The molecule has 36 heavy (non-hydrogen) atoms. The van der Waals surface area contributed by atoms with E-state index in [9.17, 15) is 9.59 Å². The molecule has 1 amide bonds. The Morgan fingerprint density at radius 3 is 2.28 bits per heavy atom. The number of hydrogen-bond acceptors (Lipinski definition) is 6. The first-order chi connectivity index (χ1) is 17.7. The third kappa shape index (κ3) is 7.93. The predicted octanol–water partition coefficient (Wildman–Crippen LogP) is 4.70. The maximum atomic E-state index is 12.6. The zero-order chi connectivity index (χ0) is 25.0. The highest BCUT2D eigenvalue weighted by Crippen LogP contribution is 2.28. The molecule has 3 aromatic rings. The first kappa shape index (κ1) is 25.4. The maximum absolute atomic E-state index is 12.6. The number of nitrogens with zero attached hydrogens (tertiary/aromatic N) is 1. The van der Waals surface area contributed by atoms with E-state index in [2.05, 4.69) is 15.5 Å². The van der Waals surface area contributed by atoms with Gasteiger partial charge in [0.2, 0.25) is 0 Å². The van der Waals surface area contributed by atoms with Crippen LogP contribution in [0.15, 0.2) is 84.9 Å². The number of rotatable bonds is 10. The second kappa shape index (κ2) is 13.4. The van der Waals surface area contributed by atoms with Crippen molar-refractivity contribution in [1.82, 2.24) is 10.2 Å². The lowest BCUT2D eigenvalue weighted by molar-refractivity contribution is -0.143. The van der Waals surface area contributed by atoms with Crippen LogP contribution in [0, 0.1) is 0 Å². The van der Waals surface area contributed by atoms with Crippen LogP contribution in [0.5, 0.6) is 0 Å². The van der Waals surface area contributed by atoms with E-state index in [4.69, 9.17) is 9.47 Å². The number of benzene rings is 3. The summed E-state index contributed by atoms with van der Waals surface area (Å²) in [6.45, 7) is 3.70. The van der Waals surface area contributed by atoms with Crippen LogP contribution in [0.2, 0.25) is 0 Å². The van der Waals surface area contributed by atoms with Gasteiger partial charge in [0, 0.05) is 31.7 Å². The number of anilines is 1. The maximum Gasteiger partial charge on any atom is 0.411 e. The number of ether oxygens (including phenoxy) is 2. The van der Waals surface area contributed by atoms with Crippen molar-refractivity contribution in [3.63, 3.8) is 0 Å². The largest absolute Gasteiger partial charge is 0.460 e. The Morgan fingerprint density at radius 1 is 0.861 bits per heavy atom. The van der Waals surface area contributed by atoms with Gasteiger partial charge < -0.3 is 19.7 Å². The zero-order valence-corrected chi connectivity index (χ0v) is 20.4. The summed E-state index contributed by atoms with van der Waals surface area (Å²) in [6, 6.07) is 27.3. The van der Waals surface area contributed by atoms with Gasteiger partial charge in [0.15, 0.2) is 0 Å². The highest BCUT2D eigenvalue weighted by Gasteiger charge is 2.22. The summed E-state index contributed by atoms with van der Waals surface area (Å²) in [5, 5.41) is 6.06. The van der Waals surface area contributed by atoms with Crippen molar-refractivity contribution >= 4 is 17.7 Å². The van der Waals surface area contributed by atoms with Crippen LogP contribution in [0.4, 0.5) is 10.5 Å². The van der Waals surface area contributed by atoms with Crippen LogP contribution in [0.25, 0.3) is 11.1 Å². The minimum Gasteiger partial charge on any atom is -0.460 e. The second-order valence-electron chi connectivity index (χ2n) is 8.81. The Balaban J connectivity index is 1.11. The zero-order valence-electron chi connectivity index (χ0n) is 20.4. The van der Waals surface area contributed by atoms with Gasteiger partial charge in [-0.2, -0.15) is 0 Å². The van der Waals surface area contributed by atoms with Gasteiger partial charge in [-0.3, -0.25) is 10.1 Å². The quantitative estimate of drug-likeness (QED) is 0.319. The number of esters is 1. The fraction of sp³-hybridized carbons (Fsp3) is 0.310. The molecule has 1 heterocycles. The lowest BCUT2D eigenvalue weighted by Crippen LogP contribution is -2.42. The molecule has 0 saturated carbocycles. The molecule has 0 radical (unpaired) electrons. The molecule has 188 valence electrons. The summed E-state index contributed by atoms with van der Waals surface area (Å²) < 4.78 is 11.0. The van der Waals surface area contributed by atoms with Gasteiger partial charge in [-0.25, -0.2) is 4.79 Å². The summed E-state index contributed by atoms with van der Waals surface area (Å²) in [5.74, 6) is -0.259. The minimum atomic E-state index is -0.424. The number of amides is 1. The van der Waals surface area contributed by atoms with Crippen molar-refractivity contribution in [2.45, 2.75) is 25.6 Å². The molecule has 1 saturated heterocycles. The van der Waals surface area contributed by atoms with Crippen molar-refractivity contribution in [3.8, 4) is 11.1 Å². The summed E-state index contributed by atoms with van der Waals surface area (Å²) in [4.78, 5) is 26.8. The molecule has 4 rings (SSSR count). The van der Waals surface area contributed by atoms with Crippen molar-refractivity contribution in [2.24, 2.45) is 0 Å². The Labute approximate surface area is 212 Å². The molecule has 2 N–H and O–H groups in total. The monoisotopic (exact) mass is 487 g/mol. The van der Waals surface area contributed by atoms with Crippen LogP contribution >= 0.6 is 0 Å². The van der Waals surface area contributed by atoms with Crippen molar-refractivity contribution in [1.29, 1.82) is 0 Å². The van der Waals surface area contributed by atoms with Gasteiger partial charge in [-0.1, -0.05) is 78.9 Å². The first-order valence-electron chi connectivity index (χ1n) is 12.4. The average molecular weight is 488 g/mol. The standard InChI is InChI=1S/C29H33N3O4/c33-28(35-22-23-9-3-1-4-10-23)21-30-17-20-32-18-15-25(16-19-32)36-29(34)31-27-14-8-7-13-26(27)24-11-5-2-6-12-24/h1-14,25,30H,15-22H2,(H,31,34). The molecule has 0 unspecified atom stereocenters. The number of piperidine rings is 1. The Bertz CT molecular complexity index is 1100. The molecule has 0 bridgehead atoms. The van der Waals surface area contributed by atoms with Crippen LogP contribution in [-0.4, -0.2) is 55.8 Å². The summed E-state index contributed by atoms with van der Waals surface area (Å²) >= 11 is 0. The molecule has 0 spiro atoms. The van der Waals surface area contributed by atoms with Crippen molar-refractivity contribution < 1.29 is 19.1 Å². The van der Waals surface area contributed by atoms with E-state index in [1.165, 1.54) is 0 Å². The number of carbonyl (C=O) groups excluding carboxylic acids is 2. The van der Waals surface area contributed by atoms with E-state index in [-0.39, 0.29) is 18.6 Å². The predicted molar refractivity (Wildman–Crippen MR) is 141 cm³/mol.